The number of benzene rings is 2. The zero-order valence-electron chi connectivity index (χ0n) is 16.5. The third-order valence-electron chi connectivity index (χ3n) is 5.05. The lowest BCUT2D eigenvalue weighted by Gasteiger charge is -2.22. The van der Waals surface area contributed by atoms with E-state index in [0.717, 1.165) is 17.2 Å². The highest BCUT2D eigenvalue weighted by Crippen LogP contribution is 2.33. The lowest BCUT2D eigenvalue weighted by molar-refractivity contribution is -0.389. The Bertz CT molecular complexity index is 1130. The van der Waals surface area contributed by atoms with Crippen molar-refractivity contribution in [2.24, 2.45) is 0 Å². The molecule has 32 heavy (non-hydrogen) atoms. The van der Waals surface area contributed by atoms with Gasteiger partial charge in [0.25, 0.3) is 0 Å². The summed E-state index contributed by atoms with van der Waals surface area (Å²) in [5.74, 6) is 0.146. The van der Waals surface area contributed by atoms with Crippen LogP contribution in [0.5, 0.6) is 5.75 Å². The molecular weight excluding hydrogens is 451 g/mol. The fraction of sp³-hybridized carbons (Fsp3) is 0.286. The molecule has 1 aliphatic rings. The van der Waals surface area contributed by atoms with Crippen LogP contribution in [0.2, 0.25) is 5.02 Å². The Morgan fingerprint density at radius 1 is 1.22 bits per heavy atom. The normalized spacial score (nSPS) is 15.9. The number of alkyl halides is 3. The van der Waals surface area contributed by atoms with Gasteiger partial charge in [0, 0.05) is 12.0 Å². The molecule has 0 spiro atoms. The van der Waals surface area contributed by atoms with E-state index in [-0.39, 0.29) is 22.7 Å². The van der Waals surface area contributed by atoms with Crippen molar-refractivity contribution in [2.45, 2.75) is 38.5 Å². The van der Waals surface area contributed by atoms with E-state index in [1.807, 2.05) is 24.3 Å². The lowest BCUT2D eigenvalue weighted by Crippen LogP contribution is -2.26. The van der Waals surface area contributed by atoms with Crippen molar-refractivity contribution in [3.8, 4) is 16.9 Å². The van der Waals surface area contributed by atoms with E-state index >= 15 is 0 Å². The van der Waals surface area contributed by atoms with Gasteiger partial charge in [-0.05, 0) is 45.7 Å². The molecule has 0 saturated carbocycles. The molecule has 0 aliphatic carbocycles. The van der Waals surface area contributed by atoms with Crippen LogP contribution < -0.4 is 4.74 Å². The number of hydrogen-bond acceptors (Lipinski definition) is 5. The van der Waals surface area contributed by atoms with Crippen molar-refractivity contribution in [3.05, 3.63) is 75.2 Å². The first kappa shape index (κ1) is 22.1. The molecule has 0 unspecified atom stereocenters. The van der Waals surface area contributed by atoms with Crippen LogP contribution in [-0.2, 0) is 24.3 Å². The van der Waals surface area contributed by atoms with E-state index in [2.05, 4.69) is 9.72 Å². The molecular formula is C21H17ClF3N3O4. The van der Waals surface area contributed by atoms with E-state index < -0.39 is 11.3 Å². The summed E-state index contributed by atoms with van der Waals surface area (Å²) in [5, 5.41) is 11.0. The number of nitrogens with zero attached hydrogens (tertiary/aromatic N) is 3. The minimum absolute atomic E-state index is 0.0911. The van der Waals surface area contributed by atoms with Crippen LogP contribution in [-0.4, -0.2) is 26.9 Å². The Labute approximate surface area is 185 Å². The van der Waals surface area contributed by atoms with Gasteiger partial charge in [-0.1, -0.05) is 35.9 Å². The van der Waals surface area contributed by atoms with E-state index in [1.165, 1.54) is 18.3 Å². The summed E-state index contributed by atoms with van der Waals surface area (Å²) in [6, 6.07) is 11.1. The van der Waals surface area contributed by atoms with Gasteiger partial charge in [0.15, 0.2) is 0 Å². The Morgan fingerprint density at radius 2 is 1.97 bits per heavy atom. The van der Waals surface area contributed by atoms with Gasteiger partial charge in [0.1, 0.15) is 11.9 Å². The minimum atomic E-state index is -4.78. The summed E-state index contributed by atoms with van der Waals surface area (Å²) in [7, 11) is 0. The highest BCUT2D eigenvalue weighted by atomic mass is 35.5. The van der Waals surface area contributed by atoms with E-state index in [1.54, 1.807) is 4.57 Å². The van der Waals surface area contributed by atoms with E-state index in [0.29, 0.717) is 37.4 Å². The highest BCUT2D eigenvalue weighted by Gasteiger charge is 2.31. The van der Waals surface area contributed by atoms with E-state index in [4.69, 9.17) is 16.3 Å². The van der Waals surface area contributed by atoms with Gasteiger partial charge in [-0.15, -0.1) is 13.2 Å². The number of imidazole rings is 1. The summed E-state index contributed by atoms with van der Waals surface area (Å²) in [6.07, 6.45) is -2.13. The topological polar surface area (TPSA) is 79.4 Å². The van der Waals surface area contributed by atoms with Crippen molar-refractivity contribution in [2.75, 3.05) is 0 Å². The summed E-state index contributed by atoms with van der Waals surface area (Å²) in [6.45, 7) is 0.847. The maximum Gasteiger partial charge on any atom is 0.573 e. The molecule has 1 atom stereocenters. The number of rotatable bonds is 6. The van der Waals surface area contributed by atoms with Crippen molar-refractivity contribution in [1.29, 1.82) is 0 Å². The maximum absolute atomic E-state index is 12.3. The van der Waals surface area contributed by atoms with Crippen LogP contribution in [0, 0.1) is 10.1 Å². The second kappa shape index (κ2) is 8.79. The van der Waals surface area contributed by atoms with Gasteiger partial charge >= 0.3 is 12.2 Å². The first-order chi connectivity index (χ1) is 15.2. The van der Waals surface area contributed by atoms with Crippen LogP contribution >= 0.6 is 11.6 Å². The average Bonchev–Trinajstić information content (AvgIpc) is 3.16. The molecule has 3 aromatic rings. The number of hydrogen-bond donors (Lipinski definition) is 0. The predicted octanol–water partition coefficient (Wildman–Crippen LogP) is 5.54. The molecule has 11 heteroatoms. The molecule has 0 radical (unpaired) electrons. The molecule has 4 rings (SSSR count). The molecule has 1 aromatic heterocycles. The third-order valence-corrected chi connectivity index (χ3v) is 5.36. The zero-order valence-corrected chi connectivity index (χ0v) is 17.3. The average molecular weight is 468 g/mol. The Hall–Kier alpha value is -3.11. The summed E-state index contributed by atoms with van der Waals surface area (Å²) in [5.41, 5.74) is 2.23. The van der Waals surface area contributed by atoms with Crippen molar-refractivity contribution in [1.82, 2.24) is 9.55 Å². The van der Waals surface area contributed by atoms with Gasteiger partial charge in [-0.2, -0.15) is 0 Å². The number of fused-ring (bicyclic) bond motifs is 1. The molecule has 2 aromatic carbocycles. The molecule has 0 N–H and O–H groups in total. The number of aromatic nitrogens is 2. The van der Waals surface area contributed by atoms with Crippen molar-refractivity contribution < 1.29 is 27.6 Å². The molecule has 0 bridgehead atoms. The minimum Gasteiger partial charge on any atom is -0.406 e. The van der Waals surface area contributed by atoms with Gasteiger partial charge in [0.2, 0.25) is 5.82 Å². The number of nitro groups is 1. The Morgan fingerprint density at radius 3 is 2.62 bits per heavy atom. The molecule has 0 amide bonds. The first-order valence-corrected chi connectivity index (χ1v) is 10.0. The number of aryl methyl sites for hydroxylation is 1. The fourth-order valence-corrected chi connectivity index (χ4v) is 3.82. The Balaban J connectivity index is 1.37. The molecule has 1 aliphatic heterocycles. The largest absolute Gasteiger partial charge is 0.573 e. The number of ether oxygens (including phenoxy) is 2. The quantitative estimate of drug-likeness (QED) is 0.351. The summed E-state index contributed by atoms with van der Waals surface area (Å²) < 4.78 is 48.6. The van der Waals surface area contributed by atoms with E-state index in [9.17, 15) is 23.3 Å². The highest BCUT2D eigenvalue weighted by molar-refractivity contribution is 6.33. The molecule has 168 valence electrons. The van der Waals surface area contributed by atoms with Crippen LogP contribution in [0.15, 0.2) is 48.7 Å². The standard InChI is InChI=1S/C21H17ClF3N3O4/c22-18-9-15(32-21(23,24)25)5-7-17(18)14-3-1-13(2-4-14)12-31-16-6-8-19-26-20(28(29)30)11-27(19)10-16/h1-5,7,9,11,16H,6,8,10,12H2/t16-/m1/s1. The SMILES string of the molecule is O=[N+]([O-])c1cn2c(n1)CC[C@@H](OCc1ccc(-c3ccc(OC(F)(F)F)cc3Cl)cc1)C2. The monoisotopic (exact) mass is 467 g/mol. The third kappa shape index (κ3) is 5.20. The Kier molecular flexibility index (Phi) is 6.07. The molecule has 2 heterocycles. The van der Waals surface area contributed by atoms with Gasteiger partial charge in [-0.25, -0.2) is 0 Å². The predicted molar refractivity (Wildman–Crippen MR) is 109 cm³/mol. The van der Waals surface area contributed by atoms with Crippen molar-refractivity contribution >= 4 is 17.4 Å². The first-order valence-electron chi connectivity index (χ1n) is 9.64. The van der Waals surface area contributed by atoms with Gasteiger partial charge in [0.05, 0.1) is 24.3 Å². The molecule has 7 nitrogen and oxygen atoms in total. The van der Waals surface area contributed by atoms with Crippen LogP contribution in [0.3, 0.4) is 0 Å². The summed E-state index contributed by atoms with van der Waals surface area (Å²) in [4.78, 5) is 14.4. The van der Waals surface area contributed by atoms with Crippen molar-refractivity contribution in [3.63, 3.8) is 0 Å². The van der Waals surface area contributed by atoms with Crippen LogP contribution in [0.4, 0.5) is 19.0 Å². The van der Waals surface area contributed by atoms with Gasteiger partial charge in [-0.3, -0.25) is 0 Å². The van der Waals surface area contributed by atoms with Gasteiger partial charge < -0.3 is 24.2 Å². The van der Waals surface area contributed by atoms with Crippen LogP contribution in [0.1, 0.15) is 17.8 Å². The zero-order chi connectivity index (χ0) is 22.9. The smallest absolute Gasteiger partial charge is 0.406 e. The maximum atomic E-state index is 12.3. The fourth-order valence-electron chi connectivity index (χ4n) is 3.54. The van der Waals surface area contributed by atoms with Crippen LogP contribution in [0.25, 0.3) is 11.1 Å². The second-order valence-corrected chi connectivity index (χ2v) is 7.69. The summed E-state index contributed by atoms with van der Waals surface area (Å²) >= 11 is 6.14. The second-order valence-electron chi connectivity index (χ2n) is 7.28. The lowest BCUT2D eigenvalue weighted by atomic mass is 10.0. The molecule has 0 fully saturated rings. The molecule has 0 saturated heterocycles. The number of halogens is 4.